The van der Waals surface area contributed by atoms with Crippen LogP contribution in [0.2, 0.25) is 5.02 Å². The molecule has 3 rings (SSSR count). The molecular weight excluding hydrogens is 374 g/mol. The molecule has 5 nitrogen and oxygen atoms in total. The van der Waals surface area contributed by atoms with Gasteiger partial charge in [-0.05, 0) is 43.5 Å². The van der Waals surface area contributed by atoms with Crippen LogP contribution in [-0.2, 0) is 17.8 Å². The van der Waals surface area contributed by atoms with Gasteiger partial charge < -0.3 is 5.32 Å². The summed E-state index contributed by atoms with van der Waals surface area (Å²) in [4.78, 5) is 30.0. The number of nitrogens with one attached hydrogen (secondary N) is 1. The summed E-state index contributed by atoms with van der Waals surface area (Å²) >= 11 is 6.11. The predicted molar refractivity (Wildman–Crippen MR) is 113 cm³/mol. The minimum Gasteiger partial charge on any atom is -0.324 e. The van der Waals surface area contributed by atoms with Crippen LogP contribution in [-0.4, -0.2) is 15.5 Å². The lowest BCUT2D eigenvalue weighted by Crippen LogP contribution is -2.30. The molecule has 0 radical (unpaired) electrons. The number of aromatic nitrogens is 2. The number of aryl methyl sites for hydroxylation is 3. The third kappa shape index (κ3) is 4.31. The van der Waals surface area contributed by atoms with Crippen LogP contribution < -0.4 is 10.9 Å². The van der Waals surface area contributed by atoms with E-state index in [0.717, 1.165) is 16.8 Å². The number of hydrogen-bond donors (Lipinski definition) is 1. The SMILES string of the molecule is CCc1cc(=O)n(CC(=O)Nc2c(C)cccc2C)c(-c2cccc(Cl)c2)n1. The lowest BCUT2D eigenvalue weighted by atomic mass is 10.1. The van der Waals surface area contributed by atoms with Crippen LogP contribution in [0.1, 0.15) is 23.7 Å². The Kier molecular flexibility index (Phi) is 5.95. The van der Waals surface area contributed by atoms with Crippen LogP contribution in [0.4, 0.5) is 5.69 Å². The van der Waals surface area contributed by atoms with Gasteiger partial charge in [0.25, 0.3) is 5.56 Å². The van der Waals surface area contributed by atoms with Gasteiger partial charge >= 0.3 is 0 Å². The van der Waals surface area contributed by atoms with E-state index in [4.69, 9.17) is 11.6 Å². The van der Waals surface area contributed by atoms with Crippen molar-refractivity contribution in [1.29, 1.82) is 0 Å². The third-order valence-electron chi connectivity index (χ3n) is 4.55. The molecule has 0 bridgehead atoms. The highest BCUT2D eigenvalue weighted by molar-refractivity contribution is 6.30. The molecule has 0 aliphatic rings. The second-order valence-corrected chi connectivity index (χ2v) is 7.11. The molecule has 6 heteroatoms. The standard InChI is InChI=1S/C22H22ClN3O2/c1-4-18-12-20(28)26(22(24-18)16-9-6-10-17(23)11-16)13-19(27)25-21-14(2)7-5-8-15(21)3/h5-12H,4,13H2,1-3H3,(H,25,27). The topological polar surface area (TPSA) is 64.0 Å². The van der Waals surface area contributed by atoms with E-state index in [1.807, 2.05) is 45.0 Å². The Bertz CT molecular complexity index is 1070. The Morgan fingerprint density at radius 2 is 1.79 bits per heavy atom. The molecule has 0 unspecified atom stereocenters. The largest absolute Gasteiger partial charge is 0.324 e. The summed E-state index contributed by atoms with van der Waals surface area (Å²) in [6.45, 7) is 5.67. The molecule has 0 aliphatic carbocycles. The maximum atomic E-state index is 12.7. The summed E-state index contributed by atoms with van der Waals surface area (Å²) in [6.07, 6.45) is 0.623. The fourth-order valence-corrected chi connectivity index (χ4v) is 3.26. The Hall–Kier alpha value is -2.92. The van der Waals surface area contributed by atoms with Gasteiger partial charge in [-0.1, -0.05) is 48.9 Å². The number of hydrogen-bond acceptors (Lipinski definition) is 3. The highest BCUT2D eigenvalue weighted by atomic mass is 35.5. The van der Waals surface area contributed by atoms with Crippen molar-refractivity contribution in [2.75, 3.05) is 5.32 Å². The number of carbonyl (C=O) groups excluding carboxylic acids is 1. The third-order valence-corrected chi connectivity index (χ3v) is 4.79. The van der Waals surface area contributed by atoms with Crippen LogP contribution in [0, 0.1) is 13.8 Å². The van der Waals surface area contributed by atoms with E-state index in [1.54, 1.807) is 18.2 Å². The summed E-state index contributed by atoms with van der Waals surface area (Å²) in [7, 11) is 0. The summed E-state index contributed by atoms with van der Waals surface area (Å²) in [6, 6.07) is 14.4. The van der Waals surface area contributed by atoms with Crippen molar-refractivity contribution in [2.24, 2.45) is 0 Å². The molecule has 0 saturated carbocycles. The Morgan fingerprint density at radius 1 is 1.11 bits per heavy atom. The summed E-state index contributed by atoms with van der Waals surface area (Å²) in [5.41, 5.74) is 3.80. The van der Waals surface area contributed by atoms with Gasteiger partial charge in [-0.3, -0.25) is 14.2 Å². The van der Waals surface area contributed by atoms with Crippen molar-refractivity contribution in [3.63, 3.8) is 0 Å². The number of halogens is 1. The maximum Gasteiger partial charge on any atom is 0.254 e. The zero-order valence-electron chi connectivity index (χ0n) is 16.1. The molecule has 0 atom stereocenters. The molecule has 0 fully saturated rings. The summed E-state index contributed by atoms with van der Waals surface area (Å²) in [5, 5.41) is 3.46. The highest BCUT2D eigenvalue weighted by Crippen LogP contribution is 2.22. The van der Waals surface area contributed by atoms with Crippen molar-refractivity contribution in [2.45, 2.75) is 33.7 Å². The van der Waals surface area contributed by atoms with Gasteiger partial charge in [0.1, 0.15) is 12.4 Å². The fraction of sp³-hybridized carbons (Fsp3) is 0.227. The van der Waals surface area contributed by atoms with Crippen molar-refractivity contribution < 1.29 is 4.79 Å². The van der Waals surface area contributed by atoms with Crippen LogP contribution in [0.15, 0.2) is 53.3 Å². The lowest BCUT2D eigenvalue weighted by molar-refractivity contribution is -0.116. The highest BCUT2D eigenvalue weighted by Gasteiger charge is 2.15. The molecule has 1 amide bonds. The Morgan fingerprint density at radius 3 is 2.43 bits per heavy atom. The fourth-order valence-electron chi connectivity index (χ4n) is 3.07. The van der Waals surface area contributed by atoms with Gasteiger partial charge in [0.15, 0.2) is 0 Å². The van der Waals surface area contributed by atoms with E-state index in [2.05, 4.69) is 10.3 Å². The number of amides is 1. The van der Waals surface area contributed by atoms with E-state index in [0.29, 0.717) is 28.5 Å². The lowest BCUT2D eigenvalue weighted by Gasteiger charge is -2.15. The Balaban J connectivity index is 1.99. The summed E-state index contributed by atoms with van der Waals surface area (Å²) < 4.78 is 1.38. The number of benzene rings is 2. The minimum atomic E-state index is -0.283. The van der Waals surface area contributed by atoms with E-state index in [-0.39, 0.29) is 18.0 Å². The van der Waals surface area contributed by atoms with Crippen LogP contribution in [0.5, 0.6) is 0 Å². The number of carbonyl (C=O) groups is 1. The zero-order chi connectivity index (χ0) is 20.3. The number of nitrogens with zero attached hydrogens (tertiary/aromatic N) is 2. The van der Waals surface area contributed by atoms with Crippen molar-refractivity contribution in [3.8, 4) is 11.4 Å². The second kappa shape index (κ2) is 8.40. The van der Waals surface area contributed by atoms with Crippen LogP contribution >= 0.6 is 11.6 Å². The first kappa shape index (κ1) is 19.8. The average Bonchev–Trinajstić information content (AvgIpc) is 2.66. The molecule has 1 N–H and O–H groups in total. The molecule has 28 heavy (non-hydrogen) atoms. The molecule has 144 valence electrons. The van der Waals surface area contributed by atoms with Crippen LogP contribution in [0.3, 0.4) is 0 Å². The molecular formula is C22H22ClN3O2. The van der Waals surface area contributed by atoms with Gasteiger partial charge in [0.2, 0.25) is 5.91 Å². The molecule has 0 saturated heterocycles. The molecule has 0 spiro atoms. The average molecular weight is 396 g/mol. The first-order valence-corrected chi connectivity index (χ1v) is 9.49. The van der Waals surface area contributed by atoms with Crippen LogP contribution in [0.25, 0.3) is 11.4 Å². The molecule has 1 aromatic heterocycles. The molecule has 3 aromatic rings. The number of rotatable bonds is 5. The smallest absolute Gasteiger partial charge is 0.254 e. The Labute approximate surface area is 169 Å². The van der Waals surface area contributed by atoms with Gasteiger partial charge in [-0.25, -0.2) is 4.98 Å². The van der Waals surface area contributed by atoms with E-state index in [1.165, 1.54) is 10.6 Å². The van der Waals surface area contributed by atoms with E-state index in [9.17, 15) is 9.59 Å². The van der Waals surface area contributed by atoms with Gasteiger partial charge in [0.05, 0.1) is 0 Å². The number of anilines is 1. The zero-order valence-corrected chi connectivity index (χ0v) is 16.9. The maximum absolute atomic E-state index is 12.7. The summed E-state index contributed by atoms with van der Waals surface area (Å²) in [5.74, 6) is 0.150. The van der Waals surface area contributed by atoms with Crippen molar-refractivity contribution in [3.05, 3.63) is 80.7 Å². The molecule has 1 heterocycles. The van der Waals surface area contributed by atoms with Crippen molar-refractivity contribution >= 4 is 23.2 Å². The first-order valence-electron chi connectivity index (χ1n) is 9.11. The van der Waals surface area contributed by atoms with Gasteiger partial charge in [0, 0.05) is 28.0 Å². The minimum absolute atomic E-state index is 0.133. The predicted octanol–water partition coefficient (Wildman–Crippen LogP) is 4.38. The normalized spacial score (nSPS) is 10.7. The van der Waals surface area contributed by atoms with E-state index >= 15 is 0 Å². The monoisotopic (exact) mass is 395 g/mol. The second-order valence-electron chi connectivity index (χ2n) is 6.67. The number of para-hydroxylation sites is 1. The van der Waals surface area contributed by atoms with Gasteiger partial charge in [-0.15, -0.1) is 0 Å². The van der Waals surface area contributed by atoms with E-state index < -0.39 is 0 Å². The first-order chi connectivity index (χ1) is 13.4. The quantitative estimate of drug-likeness (QED) is 0.697. The molecule has 0 aliphatic heterocycles. The van der Waals surface area contributed by atoms with Crippen molar-refractivity contribution in [1.82, 2.24) is 9.55 Å². The van der Waals surface area contributed by atoms with Gasteiger partial charge in [-0.2, -0.15) is 0 Å². The molecule has 2 aromatic carbocycles.